The van der Waals surface area contributed by atoms with Gasteiger partial charge in [0.15, 0.2) is 0 Å². The van der Waals surface area contributed by atoms with Crippen molar-refractivity contribution in [1.29, 1.82) is 0 Å². The maximum atomic E-state index is 14.9. The molecule has 45 heavy (non-hydrogen) atoms. The van der Waals surface area contributed by atoms with Crippen LogP contribution >= 0.6 is 0 Å². The Labute approximate surface area is 262 Å². The van der Waals surface area contributed by atoms with Gasteiger partial charge in [-0.15, -0.1) is 0 Å². The summed E-state index contributed by atoms with van der Waals surface area (Å²) < 4.78 is 27.3. The van der Waals surface area contributed by atoms with Crippen molar-refractivity contribution in [2.24, 2.45) is 5.41 Å². The van der Waals surface area contributed by atoms with E-state index in [9.17, 15) is 14.0 Å². The van der Waals surface area contributed by atoms with Gasteiger partial charge in [-0.3, -0.25) is 9.59 Å². The third-order valence-corrected chi connectivity index (χ3v) is 10.4. The summed E-state index contributed by atoms with van der Waals surface area (Å²) in [6.07, 6.45) is 2.32. The number of piperidine rings is 1. The number of likely N-dealkylation sites (tertiary alicyclic amines) is 1. The van der Waals surface area contributed by atoms with Gasteiger partial charge in [-0.05, 0) is 81.9 Å². The van der Waals surface area contributed by atoms with Gasteiger partial charge in [0, 0.05) is 49.1 Å². The van der Waals surface area contributed by atoms with E-state index in [1.54, 1.807) is 29.2 Å². The molecule has 3 saturated heterocycles. The predicted octanol–water partition coefficient (Wildman–Crippen LogP) is 4.69. The summed E-state index contributed by atoms with van der Waals surface area (Å²) in [5, 5.41) is 8.08. The van der Waals surface area contributed by atoms with Crippen LogP contribution in [0.3, 0.4) is 0 Å². The molecule has 4 heterocycles. The number of H-pyrrole nitrogens is 1. The zero-order chi connectivity index (χ0) is 31.6. The molecule has 0 aliphatic carbocycles. The fraction of sp³-hybridized carbons (Fsp3) is 0.400. The standard InChI is InChI=1S/C35H38BFN4O4/c1-33(2)34(3,4)45-36(44-33)24-10-12-25(13-11-24)40-17-15-35(16-18-40)21-41(22-35)32(43)28-19-23(9-14-29(28)37)20-30-26-7-5-6-8-27(26)31(42)39-38-30/h5-14,19H,15-18,20-22H2,1-4H3,(H,39,42). The minimum atomic E-state index is -0.525. The van der Waals surface area contributed by atoms with E-state index in [1.807, 2.05) is 12.1 Å². The first kappa shape index (κ1) is 29.7. The first-order chi connectivity index (χ1) is 21.4. The van der Waals surface area contributed by atoms with E-state index in [2.05, 4.69) is 67.1 Å². The fourth-order valence-electron chi connectivity index (χ4n) is 6.80. The summed E-state index contributed by atoms with van der Waals surface area (Å²) in [6.45, 7) is 11.3. The van der Waals surface area contributed by atoms with Gasteiger partial charge in [0.1, 0.15) is 5.82 Å². The third kappa shape index (κ3) is 5.34. The Morgan fingerprint density at radius 3 is 2.24 bits per heavy atom. The number of aromatic amines is 1. The van der Waals surface area contributed by atoms with Crippen LogP contribution in [0.15, 0.2) is 71.5 Å². The number of fused-ring (bicyclic) bond motifs is 1. The van der Waals surface area contributed by atoms with Crippen molar-refractivity contribution in [2.75, 3.05) is 31.1 Å². The van der Waals surface area contributed by atoms with E-state index in [0.29, 0.717) is 30.6 Å². The number of hydrogen-bond acceptors (Lipinski definition) is 6. The topological polar surface area (TPSA) is 87.8 Å². The summed E-state index contributed by atoms with van der Waals surface area (Å²) in [5.41, 5.74) is 2.77. The molecule has 0 radical (unpaired) electrons. The highest BCUT2D eigenvalue weighted by molar-refractivity contribution is 6.62. The number of rotatable bonds is 5. The number of nitrogens with zero attached hydrogens (tertiary/aromatic N) is 3. The molecule has 3 aliphatic rings. The molecule has 1 amide bonds. The fourth-order valence-corrected chi connectivity index (χ4v) is 6.80. The molecule has 1 spiro atoms. The molecule has 0 saturated carbocycles. The summed E-state index contributed by atoms with van der Waals surface area (Å²) in [7, 11) is -0.377. The summed E-state index contributed by atoms with van der Waals surface area (Å²) in [4.78, 5) is 29.8. The highest BCUT2D eigenvalue weighted by atomic mass is 19.1. The lowest BCUT2D eigenvalue weighted by Gasteiger charge is -2.54. The molecule has 1 aromatic heterocycles. The van der Waals surface area contributed by atoms with Gasteiger partial charge in [0.2, 0.25) is 0 Å². The van der Waals surface area contributed by atoms with E-state index in [4.69, 9.17) is 9.31 Å². The Kier molecular flexibility index (Phi) is 7.13. The third-order valence-electron chi connectivity index (χ3n) is 10.4. The van der Waals surface area contributed by atoms with Crippen molar-refractivity contribution < 1.29 is 18.5 Å². The lowest BCUT2D eigenvalue weighted by molar-refractivity contribution is -0.00815. The second kappa shape index (κ2) is 10.8. The van der Waals surface area contributed by atoms with Crippen molar-refractivity contribution in [3.05, 3.63) is 99.7 Å². The lowest BCUT2D eigenvalue weighted by Crippen LogP contribution is -2.62. The summed E-state index contributed by atoms with van der Waals surface area (Å²) in [6, 6.07) is 20.4. The highest BCUT2D eigenvalue weighted by Gasteiger charge is 2.52. The highest BCUT2D eigenvalue weighted by Crippen LogP contribution is 2.42. The first-order valence-corrected chi connectivity index (χ1v) is 15.7. The number of anilines is 1. The van der Waals surface area contributed by atoms with Crippen molar-refractivity contribution in [3.63, 3.8) is 0 Å². The smallest absolute Gasteiger partial charge is 0.399 e. The molecule has 8 nitrogen and oxygen atoms in total. The van der Waals surface area contributed by atoms with Crippen molar-refractivity contribution in [2.45, 2.75) is 58.2 Å². The second-order valence-corrected chi connectivity index (χ2v) is 13.9. The number of carbonyl (C=O) groups is 1. The monoisotopic (exact) mass is 608 g/mol. The van der Waals surface area contributed by atoms with Crippen molar-refractivity contribution in [1.82, 2.24) is 15.1 Å². The molecule has 4 aromatic rings. The van der Waals surface area contributed by atoms with Crippen LogP contribution in [0.5, 0.6) is 0 Å². The maximum absolute atomic E-state index is 14.9. The van der Waals surface area contributed by atoms with Gasteiger partial charge in [0.25, 0.3) is 11.5 Å². The van der Waals surface area contributed by atoms with Crippen LogP contribution in [0.1, 0.15) is 62.2 Å². The summed E-state index contributed by atoms with van der Waals surface area (Å²) in [5.74, 6) is -0.803. The molecular formula is C35H38BFN4O4. The largest absolute Gasteiger partial charge is 0.494 e. The van der Waals surface area contributed by atoms with Crippen LogP contribution in [0.4, 0.5) is 10.1 Å². The van der Waals surface area contributed by atoms with Gasteiger partial charge in [-0.2, -0.15) is 5.10 Å². The average Bonchev–Trinajstić information content (AvgIpc) is 3.24. The molecule has 1 N–H and O–H groups in total. The number of carbonyl (C=O) groups excluding carboxylic acids is 1. The number of nitrogens with one attached hydrogen (secondary N) is 1. The van der Waals surface area contributed by atoms with Gasteiger partial charge in [-0.1, -0.05) is 36.4 Å². The first-order valence-electron chi connectivity index (χ1n) is 15.7. The van der Waals surface area contributed by atoms with E-state index >= 15 is 0 Å². The zero-order valence-corrected chi connectivity index (χ0v) is 26.2. The number of halogens is 1. The number of hydrogen-bond donors (Lipinski definition) is 1. The minimum Gasteiger partial charge on any atom is -0.399 e. The Morgan fingerprint density at radius 2 is 1.58 bits per heavy atom. The Balaban J connectivity index is 0.968. The van der Waals surface area contributed by atoms with Crippen molar-refractivity contribution in [3.8, 4) is 0 Å². The molecule has 232 valence electrons. The molecule has 3 aliphatic heterocycles. The van der Waals surface area contributed by atoms with E-state index < -0.39 is 5.82 Å². The lowest BCUT2D eigenvalue weighted by atomic mass is 9.71. The van der Waals surface area contributed by atoms with Gasteiger partial charge in [0.05, 0.1) is 27.8 Å². The molecule has 10 heteroatoms. The normalized spacial score (nSPS) is 20.1. The predicted molar refractivity (Wildman–Crippen MR) is 174 cm³/mol. The molecular weight excluding hydrogens is 570 g/mol. The average molecular weight is 609 g/mol. The van der Waals surface area contributed by atoms with Crippen molar-refractivity contribution >= 4 is 34.9 Å². The Bertz CT molecular complexity index is 1810. The number of benzene rings is 3. The molecule has 0 atom stereocenters. The van der Waals surface area contributed by atoms with E-state index in [-0.39, 0.29) is 40.8 Å². The molecule has 0 unspecified atom stereocenters. The molecule has 0 bridgehead atoms. The van der Waals surface area contributed by atoms with Crippen LogP contribution in [-0.4, -0.2) is 65.5 Å². The SMILES string of the molecule is CC1(C)OB(c2ccc(N3CCC4(CC3)CN(C(=O)c3cc(Cc5n[nH]c(=O)c6ccccc56)ccc3F)C4)cc2)OC1(C)C. The number of aromatic nitrogens is 2. The van der Waals surface area contributed by atoms with Crippen LogP contribution in [-0.2, 0) is 15.7 Å². The maximum Gasteiger partial charge on any atom is 0.494 e. The molecule has 3 fully saturated rings. The zero-order valence-electron chi connectivity index (χ0n) is 26.2. The van der Waals surface area contributed by atoms with E-state index in [1.165, 1.54) is 11.8 Å². The van der Waals surface area contributed by atoms with Crippen LogP contribution in [0.25, 0.3) is 10.8 Å². The minimum absolute atomic E-state index is 0.0711. The van der Waals surface area contributed by atoms with Gasteiger partial charge >= 0.3 is 7.12 Å². The Hall–Kier alpha value is -4.02. The van der Waals surface area contributed by atoms with Crippen LogP contribution < -0.4 is 15.9 Å². The second-order valence-electron chi connectivity index (χ2n) is 13.9. The van der Waals surface area contributed by atoms with Gasteiger partial charge < -0.3 is 19.1 Å². The summed E-state index contributed by atoms with van der Waals surface area (Å²) >= 11 is 0. The molecule has 7 rings (SSSR count). The van der Waals surface area contributed by atoms with Crippen LogP contribution in [0, 0.1) is 11.2 Å². The Morgan fingerprint density at radius 1 is 0.933 bits per heavy atom. The van der Waals surface area contributed by atoms with Crippen LogP contribution in [0.2, 0.25) is 0 Å². The number of amides is 1. The van der Waals surface area contributed by atoms with E-state index in [0.717, 1.165) is 42.3 Å². The van der Waals surface area contributed by atoms with Gasteiger partial charge in [-0.25, -0.2) is 9.49 Å². The molecule has 3 aromatic carbocycles. The quantitative estimate of drug-likeness (QED) is 0.331.